The lowest BCUT2D eigenvalue weighted by Gasteiger charge is -2.12. The molecule has 2 aromatic heterocycles. The summed E-state index contributed by atoms with van der Waals surface area (Å²) in [5.41, 5.74) is -0.355. The van der Waals surface area contributed by atoms with E-state index in [0.717, 1.165) is 11.6 Å². The first-order chi connectivity index (χ1) is 10.5. The molecule has 22 heavy (non-hydrogen) atoms. The van der Waals surface area contributed by atoms with E-state index in [1.165, 1.54) is 16.8 Å². The van der Waals surface area contributed by atoms with Gasteiger partial charge in [0.25, 0.3) is 0 Å². The Hall–Kier alpha value is -3.22. The van der Waals surface area contributed by atoms with Crippen LogP contribution in [0.2, 0.25) is 0 Å². The van der Waals surface area contributed by atoms with Gasteiger partial charge in [-0.05, 0) is 12.1 Å². The molecule has 7 nitrogen and oxygen atoms in total. The summed E-state index contributed by atoms with van der Waals surface area (Å²) in [6.07, 6.45) is 2.58. The molecule has 0 saturated heterocycles. The Morgan fingerprint density at radius 2 is 1.95 bits per heavy atom. The highest BCUT2D eigenvalue weighted by Gasteiger charge is 2.17. The SMILES string of the molecule is O=C(O)Cn1cc(C(=O)O)c(=O)c2ccc3cccnc3c21. The quantitative estimate of drug-likeness (QED) is 0.706. The van der Waals surface area contributed by atoms with Gasteiger partial charge >= 0.3 is 11.9 Å². The van der Waals surface area contributed by atoms with Gasteiger partial charge in [-0.3, -0.25) is 14.6 Å². The van der Waals surface area contributed by atoms with Crippen LogP contribution < -0.4 is 5.43 Å². The van der Waals surface area contributed by atoms with Crippen LogP contribution in [-0.2, 0) is 11.3 Å². The number of aromatic carboxylic acids is 1. The van der Waals surface area contributed by atoms with Gasteiger partial charge in [-0.15, -0.1) is 0 Å². The third-order valence-electron chi connectivity index (χ3n) is 3.35. The fraction of sp³-hybridized carbons (Fsp3) is 0.0667. The first-order valence-electron chi connectivity index (χ1n) is 6.35. The first kappa shape index (κ1) is 13.7. The van der Waals surface area contributed by atoms with Crippen molar-refractivity contribution >= 4 is 33.7 Å². The van der Waals surface area contributed by atoms with Gasteiger partial charge in [0, 0.05) is 23.2 Å². The third kappa shape index (κ3) is 2.08. The zero-order valence-corrected chi connectivity index (χ0v) is 11.2. The summed E-state index contributed by atoms with van der Waals surface area (Å²) in [4.78, 5) is 38.7. The highest BCUT2D eigenvalue weighted by Crippen LogP contribution is 2.22. The van der Waals surface area contributed by atoms with Gasteiger partial charge in [0.05, 0.1) is 11.0 Å². The number of fused-ring (bicyclic) bond motifs is 3. The van der Waals surface area contributed by atoms with Gasteiger partial charge in [-0.1, -0.05) is 12.1 Å². The second-order valence-corrected chi connectivity index (χ2v) is 4.74. The van der Waals surface area contributed by atoms with Crippen LogP contribution in [0, 0.1) is 0 Å². The molecule has 0 spiro atoms. The average Bonchev–Trinajstić information content (AvgIpc) is 2.48. The molecule has 0 bridgehead atoms. The van der Waals surface area contributed by atoms with Gasteiger partial charge in [-0.2, -0.15) is 0 Å². The second kappa shape index (κ2) is 4.96. The van der Waals surface area contributed by atoms with E-state index in [9.17, 15) is 14.4 Å². The van der Waals surface area contributed by atoms with Crippen LogP contribution in [-0.4, -0.2) is 31.7 Å². The van der Waals surface area contributed by atoms with Gasteiger partial charge in [0.2, 0.25) is 5.43 Å². The van der Waals surface area contributed by atoms with Crippen molar-refractivity contribution < 1.29 is 19.8 Å². The molecule has 0 aliphatic heterocycles. The van der Waals surface area contributed by atoms with Gasteiger partial charge in [-0.25, -0.2) is 4.79 Å². The monoisotopic (exact) mass is 298 g/mol. The number of hydrogen-bond acceptors (Lipinski definition) is 4. The highest BCUT2D eigenvalue weighted by atomic mass is 16.4. The largest absolute Gasteiger partial charge is 0.480 e. The van der Waals surface area contributed by atoms with Gasteiger partial charge in [0.1, 0.15) is 12.1 Å². The molecule has 3 aromatic rings. The molecule has 3 rings (SSSR count). The van der Waals surface area contributed by atoms with Crippen LogP contribution in [0.5, 0.6) is 0 Å². The standard InChI is InChI=1S/C15H10N2O5/c18-11(19)7-17-6-10(15(21)22)14(20)9-4-3-8-2-1-5-16-12(8)13(9)17/h1-6H,7H2,(H,18,19)(H,21,22). The van der Waals surface area contributed by atoms with E-state index >= 15 is 0 Å². The number of nitrogens with zero attached hydrogens (tertiary/aromatic N) is 2. The minimum absolute atomic E-state index is 0.132. The van der Waals surface area contributed by atoms with Crippen LogP contribution >= 0.6 is 0 Å². The van der Waals surface area contributed by atoms with E-state index < -0.39 is 29.5 Å². The molecule has 0 saturated carbocycles. The van der Waals surface area contributed by atoms with Crippen molar-refractivity contribution in [2.24, 2.45) is 0 Å². The van der Waals surface area contributed by atoms with Crippen LogP contribution in [0.3, 0.4) is 0 Å². The number of benzene rings is 1. The van der Waals surface area contributed by atoms with Crippen LogP contribution in [0.1, 0.15) is 10.4 Å². The Morgan fingerprint density at radius 3 is 2.64 bits per heavy atom. The van der Waals surface area contributed by atoms with Crippen molar-refractivity contribution in [1.29, 1.82) is 0 Å². The number of aliphatic carboxylic acids is 1. The highest BCUT2D eigenvalue weighted by molar-refractivity contribution is 6.05. The molecule has 0 fully saturated rings. The Bertz CT molecular complexity index is 990. The van der Waals surface area contributed by atoms with Crippen LogP contribution in [0.15, 0.2) is 41.5 Å². The summed E-state index contributed by atoms with van der Waals surface area (Å²) in [6.45, 7) is -0.466. The smallest absolute Gasteiger partial charge is 0.341 e. The van der Waals surface area contributed by atoms with Crippen LogP contribution in [0.25, 0.3) is 21.8 Å². The second-order valence-electron chi connectivity index (χ2n) is 4.74. The Morgan fingerprint density at radius 1 is 1.18 bits per heavy atom. The summed E-state index contributed by atoms with van der Waals surface area (Å²) in [6, 6.07) is 6.65. The maximum absolute atomic E-state index is 12.3. The maximum Gasteiger partial charge on any atom is 0.341 e. The van der Waals surface area contributed by atoms with Gasteiger partial charge in [0.15, 0.2) is 0 Å². The van der Waals surface area contributed by atoms with Crippen molar-refractivity contribution in [3.8, 4) is 0 Å². The number of pyridine rings is 2. The predicted molar refractivity (Wildman–Crippen MR) is 78.1 cm³/mol. The number of carboxylic acid groups (broad SMARTS) is 2. The Balaban J connectivity index is 2.54. The molecular formula is C15H10N2O5. The molecule has 2 N–H and O–H groups in total. The lowest BCUT2D eigenvalue weighted by Crippen LogP contribution is -2.21. The van der Waals surface area contributed by atoms with E-state index in [-0.39, 0.29) is 5.39 Å². The molecule has 0 aliphatic carbocycles. The number of aromatic nitrogens is 2. The zero-order valence-electron chi connectivity index (χ0n) is 11.2. The molecule has 0 unspecified atom stereocenters. The molecular weight excluding hydrogens is 288 g/mol. The van der Waals surface area contributed by atoms with E-state index in [1.807, 2.05) is 0 Å². The lowest BCUT2D eigenvalue weighted by atomic mass is 10.1. The summed E-state index contributed by atoms with van der Waals surface area (Å²) in [5, 5.41) is 19.0. The average molecular weight is 298 g/mol. The lowest BCUT2D eigenvalue weighted by molar-refractivity contribution is -0.137. The minimum atomic E-state index is -1.40. The number of carboxylic acids is 2. The topological polar surface area (TPSA) is 109 Å². The summed E-state index contributed by atoms with van der Waals surface area (Å²) in [5.74, 6) is -2.54. The molecule has 110 valence electrons. The molecule has 0 radical (unpaired) electrons. The Labute approximate surface area is 123 Å². The number of hydrogen-bond donors (Lipinski definition) is 2. The fourth-order valence-corrected chi connectivity index (χ4v) is 2.45. The normalized spacial score (nSPS) is 10.9. The van der Waals surface area contributed by atoms with E-state index in [4.69, 9.17) is 10.2 Å². The number of carbonyl (C=O) groups is 2. The molecule has 0 amide bonds. The van der Waals surface area contributed by atoms with Crippen molar-refractivity contribution in [2.75, 3.05) is 0 Å². The van der Waals surface area contributed by atoms with E-state index in [2.05, 4.69) is 4.98 Å². The van der Waals surface area contributed by atoms with Crippen molar-refractivity contribution in [2.45, 2.75) is 6.54 Å². The van der Waals surface area contributed by atoms with Gasteiger partial charge < -0.3 is 14.8 Å². The minimum Gasteiger partial charge on any atom is -0.480 e. The molecule has 7 heteroatoms. The van der Waals surface area contributed by atoms with Crippen LogP contribution in [0.4, 0.5) is 0 Å². The van der Waals surface area contributed by atoms with Crippen molar-refractivity contribution in [1.82, 2.24) is 9.55 Å². The summed E-state index contributed by atoms with van der Waals surface area (Å²) in [7, 11) is 0. The fourth-order valence-electron chi connectivity index (χ4n) is 2.45. The third-order valence-corrected chi connectivity index (χ3v) is 3.35. The first-order valence-corrected chi connectivity index (χ1v) is 6.35. The molecule has 2 heterocycles. The number of rotatable bonds is 3. The zero-order chi connectivity index (χ0) is 15.9. The summed E-state index contributed by atoms with van der Waals surface area (Å²) >= 11 is 0. The Kier molecular flexibility index (Phi) is 3.10. The van der Waals surface area contributed by atoms with Crippen molar-refractivity contribution in [3.63, 3.8) is 0 Å². The van der Waals surface area contributed by atoms with E-state index in [1.54, 1.807) is 18.2 Å². The molecule has 1 aromatic carbocycles. The molecule has 0 atom stereocenters. The maximum atomic E-state index is 12.3. The van der Waals surface area contributed by atoms with Crippen molar-refractivity contribution in [3.05, 3.63) is 52.4 Å². The van der Waals surface area contributed by atoms with E-state index in [0.29, 0.717) is 11.0 Å². The summed E-state index contributed by atoms with van der Waals surface area (Å²) < 4.78 is 1.23. The predicted octanol–water partition coefficient (Wildman–Crippen LogP) is 1.33. The molecule has 0 aliphatic rings.